The lowest BCUT2D eigenvalue weighted by Crippen LogP contribution is -2.37. The van der Waals surface area contributed by atoms with Crippen molar-refractivity contribution in [3.05, 3.63) is 41.3 Å². The Hall–Kier alpha value is -2.94. The third-order valence-electron chi connectivity index (χ3n) is 5.00. The zero-order valence-electron chi connectivity index (χ0n) is 17.5. The number of likely N-dealkylation sites (N-methyl/N-ethyl adjacent to an activating group) is 1. The van der Waals surface area contributed by atoms with E-state index >= 15 is 0 Å². The molecule has 9 heteroatoms. The van der Waals surface area contributed by atoms with Crippen molar-refractivity contribution >= 4 is 18.1 Å². The first-order valence-corrected chi connectivity index (χ1v) is 9.91. The van der Waals surface area contributed by atoms with Crippen LogP contribution < -0.4 is 9.64 Å². The van der Waals surface area contributed by atoms with Crippen molar-refractivity contribution in [1.29, 1.82) is 0 Å². The van der Waals surface area contributed by atoms with Crippen LogP contribution in [0.1, 0.15) is 42.2 Å². The van der Waals surface area contributed by atoms with Gasteiger partial charge >= 0.3 is 0 Å². The minimum absolute atomic E-state index is 0.165. The predicted molar refractivity (Wildman–Crippen MR) is 109 cm³/mol. The smallest absolute Gasteiger partial charge is 0.299 e. The van der Waals surface area contributed by atoms with Crippen LogP contribution in [0.4, 0.5) is 10.2 Å². The van der Waals surface area contributed by atoms with E-state index in [2.05, 4.69) is 4.98 Å². The molecule has 2 amide bonds. The van der Waals surface area contributed by atoms with Crippen molar-refractivity contribution in [2.45, 2.75) is 38.3 Å². The van der Waals surface area contributed by atoms with Gasteiger partial charge < -0.3 is 19.6 Å². The monoisotopic (exact) mass is 418 g/mol. The van der Waals surface area contributed by atoms with Gasteiger partial charge in [-0.05, 0) is 37.0 Å². The third kappa shape index (κ3) is 4.79. The second kappa shape index (κ2) is 8.83. The van der Waals surface area contributed by atoms with Gasteiger partial charge in [0, 0.05) is 20.6 Å². The van der Waals surface area contributed by atoms with Crippen molar-refractivity contribution in [1.82, 2.24) is 14.5 Å². The zero-order valence-corrected chi connectivity index (χ0v) is 17.5. The molecule has 1 aromatic carbocycles. The number of halogens is 1. The zero-order chi connectivity index (χ0) is 21.9. The average Bonchev–Trinajstić information content (AvgIpc) is 3.35. The minimum Gasteiger partial charge on any atom is -0.465 e. The van der Waals surface area contributed by atoms with Gasteiger partial charge in [-0.15, -0.1) is 0 Å². The number of ether oxygens (including phenoxy) is 1. The number of aliphatic hydroxyl groups is 1. The molecular weight excluding hydrogens is 391 g/mol. The molecule has 1 aliphatic rings. The molecule has 1 aromatic heterocycles. The molecule has 2 aromatic rings. The van der Waals surface area contributed by atoms with Gasteiger partial charge in [-0.2, -0.15) is 4.98 Å². The molecule has 0 spiro atoms. The highest BCUT2D eigenvalue weighted by molar-refractivity contribution is 5.99. The first kappa shape index (κ1) is 21.8. The van der Waals surface area contributed by atoms with Crippen LogP contribution in [0.2, 0.25) is 0 Å². The van der Waals surface area contributed by atoms with Crippen molar-refractivity contribution in [3.8, 4) is 6.01 Å². The Kier molecular flexibility index (Phi) is 6.40. The van der Waals surface area contributed by atoms with E-state index in [1.165, 1.54) is 29.0 Å². The van der Waals surface area contributed by atoms with E-state index in [0.29, 0.717) is 25.9 Å². The number of benzene rings is 1. The molecular formula is C21H27FN4O4. The van der Waals surface area contributed by atoms with Gasteiger partial charge in [-0.3, -0.25) is 14.2 Å². The fraction of sp³-hybridized carbons (Fsp3) is 0.476. The summed E-state index contributed by atoms with van der Waals surface area (Å²) in [5.74, 6) is -0.584. The Morgan fingerprint density at radius 2 is 2.00 bits per heavy atom. The lowest BCUT2D eigenvalue weighted by atomic mass is 10.2. The fourth-order valence-corrected chi connectivity index (χ4v) is 3.15. The molecule has 0 radical (unpaired) electrons. The molecule has 0 atom stereocenters. The first-order valence-electron chi connectivity index (χ1n) is 9.91. The fourth-order valence-electron chi connectivity index (χ4n) is 3.15. The molecule has 3 rings (SSSR count). The number of rotatable bonds is 10. The number of hydrogen-bond donors (Lipinski definition) is 1. The average molecular weight is 418 g/mol. The Balaban J connectivity index is 2.04. The molecule has 30 heavy (non-hydrogen) atoms. The number of anilines is 1. The normalized spacial score (nSPS) is 14.3. The maximum absolute atomic E-state index is 13.3. The van der Waals surface area contributed by atoms with Gasteiger partial charge in [-0.25, -0.2) is 4.39 Å². The number of carbonyl (C=O) groups excluding carboxylic acids is 2. The maximum Gasteiger partial charge on any atom is 0.299 e. The highest BCUT2D eigenvalue weighted by Gasteiger charge is 2.43. The standard InChI is InChI=1S/C21H27FN4O4/c1-4-11-30-20-23-18(25(3)14-27)17(19(28)24(2)13-21(29)9-10-21)26(20)12-15-5-7-16(22)8-6-15/h5-8,14,29H,4,9-13H2,1-3H3. The third-order valence-corrected chi connectivity index (χ3v) is 5.00. The van der Waals surface area contributed by atoms with Gasteiger partial charge in [0.15, 0.2) is 11.5 Å². The molecule has 1 saturated carbocycles. The topological polar surface area (TPSA) is 87.9 Å². The van der Waals surface area contributed by atoms with Gasteiger partial charge in [0.05, 0.1) is 18.8 Å². The quantitative estimate of drug-likeness (QED) is 0.597. The number of nitrogens with zero attached hydrogens (tertiary/aromatic N) is 4. The summed E-state index contributed by atoms with van der Waals surface area (Å²) in [5, 5.41) is 10.2. The molecule has 1 N–H and O–H groups in total. The number of imidazole rings is 1. The summed E-state index contributed by atoms with van der Waals surface area (Å²) < 4.78 is 20.7. The van der Waals surface area contributed by atoms with Gasteiger partial charge in [0.25, 0.3) is 11.9 Å². The molecule has 1 fully saturated rings. The largest absolute Gasteiger partial charge is 0.465 e. The Morgan fingerprint density at radius 1 is 1.33 bits per heavy atom. The van der Waals surface area contributed by atoms with E-state index in [1.54, 1.807) is 23.7 Å². The summed E-state index contributed by atoms with van der Waals surface area (Å²) in [6.07, 6.45) is 2.59. The van der Waals surface area contributed by atoms with Crippen molar-refractivity contribution in [2.24, 2.45) is 0 Å². The molecule has 1 heterocycles. The van der Waals surface area contributed by atoms with E-state index in [9.17, 15) is 19.1 Å². The van der Waals surface area contributed by atoms with E-state index in [4.69, 9.17) is 4.74 Å². The second-order valence-electron chi connectivity index (χ2n) is 7.73. The summed E-state index contributed by atoms with van der Waals surface area (Å²) in [6, 6.07) is 6.12. The van der Waals surface area contributed by atoms with Crippen LogP contribution in [0.25, 0.3) is 0 Å². The maximum atomic E-state index is 13.3. The molecule has 0 aliphatic heterocycles. The Morgan fingerprint density at radius 3 is 2.57 bits per heavy atom. The van der Waals surface area contributed by atoms with Crippen molar-refractivity contribution in [2.75, 3.05) is 32.1 Å². The first-order chi connectivity index (χ1) is 14.3. The predicted octanol–water partition coefficient (Wildman–Crippen LogP) is 2.05. The lowest BCUT2D eigenvalue weighted by Gasteiger charge is -2.22. The van der Waals surface area contributed by atoms with Gasteiger partial charge in [-0.1, -0.05) is 19.1 Å². The van der Waals surface area contributed by atoms with Crippen LogP contribution in [0.3, 0.4) is 0 Å². The molecule has 162 valence electrons. The number of hydrogen-bond acceptors (Lipinski definition) is 5. The van der Waals surface area contributed by atoms with Crippen LogP contribution in [0.15, 0.2) is 24.3 Å². The molecule has 1 aliphatic carbocycles. The highest BCUT2D eigenvalue weighted by Crippen LogP contribution is 2.36. The molecule has 0 unspecified atom stereocenters. The van der Waals surface area contributed by atoms with E-state index in [1.807, 2.05) is 6.92 Å². The number of aromatic nitrogens is 2. The summed E-state index contributed by atoms with van der Waals surface area (Å²) in [4.78, 5) is 31.8. The summed E-state index contributed by atoms with van der Waals surface area (Å²) >= 11 is 0. The van der Waals surface area contributed by atoms with Gasteiger partial charge in [0.1, 0.15) is 5.82 Å². The van der Waals surface area contributed by atoms with Crippen LogP contribution in [0, 0.1) is 5.82 Å². The van der Waals surface area contributed by atoms with Crippen molar-refractivity contribution < 1.29 is 23.8 Å². The Bertz CT molecular complexity index is 908. The van der Waals surface area contributed by atoms with Crippen LogP contribution in [-0.4, -0.2) is 64.7 Å². The summed E-state index contributed by atoms with van der Waals surface area (Å²) in [7, 11) is 3.11. The molecule has 0 saturated heterocycles. The van der Waals surface area contributed by atoms with Gasteiger partial charge in [0.2, 0.25) is 6.41 Å². The van der Waals surface area contributed by atoms with Crippen molar-refractivity contribution in [3.63, 3.8) is 0 Å². The second-order valence-corrected chi connectivity index (χ2v) is 7.73. The Labute approximate surface area is 174 Å². The van der Waals surface area contributed by atoms with Crippen LogP contribution in [-0.2, 0) is 11.3 Å². The van der Waals surface area contributed by atoms with Crippen LogP contribution in [0.5, 0.6) is 6.01 Å². The molecule has 8 nitrogen and oxygen atoms in total. The molecule has 0 bridgehead atoms. The number of carbonyl (C=O) groups is 2. The summed E-state index contributed by atoms with van der Waals surface area (Å²) in [5.41, 5.74) is 0.0598. The van der Waals surface area contributed by atoms with E-state index < -0.39 is 5.60 Å². The lowest BCUT2D eigenvalue weighted by molar-refractivity contribution is -0.107. The number of amides is 2. The highest BCUT2D eigenvalue weighted by atomic mass is 19.1. The van der Waals surface area contributed by atoms with E-state index in [0.717, 1.165) is 12.0 Å². The summed E-state index contributed by atoms with van der Waals surface area (Å²) in [6.45, 7) is 2.72. The van der Waals surface area contributed by atoms with E-state index in [-0.39, 0.29) is 42.3 Å². The SMILES string of the molecule is CCCOc1nc(N(C)C=O)c(C(=O)N(C)CC2(O)CC2)n1Cc1ccc(F)cc1. The van der Waals surface area contributed by atoms with Crippen LogP contribution >= 0.6 is 0 Å². The minimum atomic E-state index is -0.857.